The molecular weight excluding hydrogens is 550 g/mol. The molecule has 0 aliphatic rings. The van der Waals surface area contributed by atoms with Gasteiger partial charge in [-0.1, -0.05) is 10.9 Å². The predicted octanol–water partition coefficient (Wildman–Crippen LogP) is -4.70. The van der Waals surface area contributed by atoms with Gasteiger partial charge in [-0.15, -0.1) is 64.7 Å². The van der Waals surface area contributed by atoms with Crippen LogP contribution in [-0.4, -0.2) is 31.4 Å². The summed E-state index contributed by atoms with van der Waals surface area (Å²) >= 11 is 0. The third-order valence-corrected chi connectivity index (χ3v) is 13.2. The van der Waals surface area contributed by atoms with Crippen LogP contribution in [0.15, 0.2) is 0 Å². The molecule has 0 N–H and O–H groups in total. The van der Waals surface area contributed by atoms with Crippen molar-refractivity contribution in [2.75, 3.05) is 0 Å². The van der Waals surface area contributed by atoms with Gasteiger partial charge in [0.1, 0.15) is 43.0 Å². The minimum Gasteiger partial charge on any atom is -0.207 e. The van der Waals surface area contributed by atoms with Gasteiger partial charge in [-0.05, 0) is 84.2 Å². The Morgan fingerprint density at radius 2 is 0.824 bits per heavy atom. The van der Waals surface area contributed by atoms with Gasteiger partial charge in [0.05, 0.1) is 0 Å². The van der Waals surface area contributed by atoms with Crippen LogP contribution in [0.3, 0.4) is 0 Å². The highest BCUT2D eigenvalue weighted by Crippen LogP contribution is 2.33. The minimum absolute atomic E-state index is 0.107. The lowest BCUT2D eigenvalue weighted by molar-refractivity contribution is 0.564. The second-order valence-electron chi connectivity index (χ2n) is 8.95. The molecule has 0 aliphatic carbocycles. The average molecular weight is 580 g/mol. The topological polar surface area (TPSA) is 0 Å². The Morgan fingerprint density at radius 3 is 1.21 bits per heavy atom. The van der Waals surface area contributed by atoms with Crippen molar-refractivity contribution in [2.45, 2.75) is 19.8 Å². The molecule has 0 aromatic heterocycles. The van der Waals surface area contributed by atoms with Gasteiger partial charge in [0.25, 0.3) is 0 Å². The van der Waals surface area contributed by atoms with Gasteiger partial charge < -0.3 is 0 Å². The second-order valence-corrected chi connectivity index (χ2v) is 13.0. The normalized spacial score (nSPS) is 12.3. The summed E-state index contributed by atoms with van der Waals surface area (Å²) in [6.45, 7) is 4.14. The molecule has 0 heterocycles. The largest absolute Gasteiger partial charge is 0.207 e. The average Bonchev–Trinajstić information content (AvgIpc) is 2.81. The molecule has 174 valence electrons. The first-order valence-electron chi connectivity index (χ1n) is 10.8. The van der Waals surface area contributed by atoms with Crippen LogP contribution in [0, 0.1) is 25.5 Å². The Labute approximate surface area is 222 Å². The third-order valence-electron chi connectivity index (χ3n) is 7.20. The van der Waals surface area contributed by atoms with E-state index in [2.05, 4.69) is 94.2 Å². The first kappa shape index (κ1) is 29.3. The minimum atomic E-state index is -0.624. The van der Waals surface area contributed by atoms with Crippen LogP contribution in [0.5, 0.6) is 0 Å². The highest BCUT2D eigenvalue weighted by atomic mass is 31.0. The molecular formula is C21H29B4F2P7. The van der Waals surface area contributed by atoms with Gasteiger partial charge in [-0.25, -0.2) is 8.78 Å². The van der Waals surface area contributed by atoms with Gasteiger partial charge >= 0.3 is 0 Å². The maximum atomic E-state index is 16.1. The van der Waals surface area contributed by atoms with E-state index in [-0.39, 0.29) is 5.56 Å². The molecule has 8 atom stereocenters. The summed E-state index contributed by atoms with van der Waals surface area (Å²) in [5.41, 5.74) is 7.21. The van der Waals surface area contributed by atoms with Crippen LogP contribution >= 0.6 is 64.7 Å². The monoisotopic (exact) mass is 580 g/mol. The molecule has 0 spiro atoms. The molecule has 3 rings (SSSR count). The molecule has 13 heteroatoms. The zero-order valence-corrected chi connectivity index (χ0v) is 28.5. The molecule has 0 saturated heterocycles. The summed E-state index contributed by atoms with van der Waals surface area (Å²) in [7, 11) is 27.0. The first-order valence-corrected chi connectivity index (χ1v) is 14.8. The van der Waals surface area contributed by atoms with E-state index in [1.165, 1.54) is 0 Å². The SMILES string of the molecule is Bc1c(F)c(C(c2c(B)c(P)c(C)c(P)c2B)c2c(P)c(P)c(C)c(P)c2P)c(F)c(B)c1P. The number of rotatable bonds is 3. The van der Waals surface area contributed by atoms with Crippen LogP contribution in [0.1, 0.15) is 33.7 Å². The first-order chi connectivity index (χ1) is 15.7. The van der Waals surface area contributed by atoms with E-state index in [4.69, 9.17) is 0 Å². The molecule has 34 heavy (non-hydrogen) atoms. The van der Waals surface area contributed by atoms with Crippen molar-refractivity contribution in [1.82, 2.24) is 0 Å². The molecule has 0 nitrogen and oxygen atoms in total. The Morgan fingerprint density at radius 1 is 0.471 bits per heavy atom. The van der Waals surface area contributed by atoms with Gasteiger partial charge in [0.15, 0.2) is 0 Å². The molecule has 0 aliphatic heterocycles. The molecule has 8 unspecified atom stereocenters. The highest BCUT2D eigenvalue weighted by molar-refractivity contribution is 7.39. The van der Waals surface area contributed by atoms with Crippen LogP contribution in [0.25, 0.3) is 0 Å². The number of hydrogen-bond acceptors (Lipinski definition) is 0. The second kappa shape index (κ2) is 10.9. The molecule has 0 saturated carbocycles. The van der Waals surface area contributed by atoms with Gasteiger partial charge in [-0.2, -0.15) is 0 Å². The van der Waals surface area contributed by atoms with Crippen molar-refractivity contribution in [2.24, 2.45) is 0 Å². The van der Waals surface area contributed by atoms with E-state index in [0.717, 1.165) is 65.0 Å². The summed E-state index contributed by atoms with van der Waals surface area (Å²) in [5.74, 6) is -1.60. The van der Waals surface area contributed by atoms with Crippen molar-refractivity contribution in [3.63, 3.8) is 0 Å². The Balaban J connectivity index is 2.68. The summed E-state index contributed by atoms with van der Waals surface area (Å²) in [6, 6.07) is 0. The maximum absolute atomic E-state index is 16.1. The molecule has 0 bridgehead atoms. The number of halogens is 2. The summed E-state index contributed by atoms with van der Waals surface area (Å²) in [6.07, 6.45) is 0. The molecule has 3 aromatic carbocycles. The fourth-order valence-corrected chi connectivity index (χ4v) is 7.79. The van der Waals surface area contributed by atoms with Crippen LogP contribution < -0.4 is 59.0 Å². The standard InChI is InChI=1S/C21H29B4F2P7/c1-3-15(28)9(22)6(10(23)16(3)29)5(7-13(26)11(24)21(34)12(25)14(7)27)8-19(32)17(30)4(2)18(31)20(8)33/h5H,22-25,28-34H2,1-2H3. The van der Waals surface area contributed by atoms with Crippen molar-refractivity contribution >= 4 is 155 Å². The van der Waals surface area contributed by atoms with E-state index in [1.807, 2.05) is 0 Å². The van der Waals surface area contributed by atoms with Gasteiger partial charge in [0, 0.05) is 11.5 Å². The smallest absolute Gasteiger partial charge is 0.143 e. The van der Waals surface area contributed by atoms with Crippen molar-refractivity contribution in [3.8, 4) is 0 Å². The Bertz CT molecular complexity index is 1130. The highest BCUT2D eigenvalue weighted by Gasteiger charge is 2.33. The van der Waals surface area contributed by atoms with E-state index < -0.39 is 17.6 Å². The lowest BCUT2D eigenvalue weighted by Crippen LogP contribution is -2.47. The molecule has 3 aromatic rings. The molecule has 0 radical (unpaired) electrons. The number of hydrogen-bond donors (Lipinski definition) is 0. The van der Waals surface area contributed by atoms with E-state index in [1.54, 1.807) is 15.7 Å². The Hall–Kier alpha value is 0.790. The number of benzene rings is 3. The van der Waals surface area contributed by atoms with Crippen LogP contribution in [0.4, 0.5) is 8.78 Å². The predicted molar refractivity (Wildman–Crippen MR) is 188 cm³/mol. The molecule has 0 fully saturated rings. The summed E-state index contributed by atoms with van der Waals surface area (Å²) in [5, 5.41) is 6.65. The summed E-state index contributed by atoms with van der Waals surface area (Å²) < 4.78 is 32.2. The van der Waals surface area contributed by atoms with Crippen LogP contribution in [0.2, 0.25) is 0 Å². The van der Waals surface area contributed by atoms with Crippen LogP contribution in [-0.2, 0) is 0 Å². The van der Waals surface area contributed by atoms with Crippen molar-refractivity contribution in [1.29, 1.82) is 0 Å². The van der Waals surface area contributed by atoms with E-state index >= 15 is 8.78 Å². The Kier molecular flexibility index (Phi) is 9.39. The van der Waals surface area contributed by atoms with Crippen molar-refractivity contribution in [3.05, 3.63) is 39.5 Å². The zero-order chi connectivity index (χ0) is 26.0. The quantitative estimate of drug-likeness (QED) is 0.166. The lowest BCUT2D eigenvalue weighted by atomic mass is 9.69. The van der Waals surface area contributed by atoms with Gasteiger partial charge in [0.2, 0.25) is 0 Å². The van der Waals surface area contributed by atoms with E-state index in [0.29, 0.717) is 16.2 Å². The third kappa shape index (κ3) is 4.61. The summed E-state index contributed by atoms with van der Waals surface area (Å²) in [4.78, 5) is 0. The van der Waals surface area contributed by atoms with Gasteiger partial charge in [-0.3, -0.25) is 0 Å². The fourth-order valence-electron chi connectivity index (χ4n) is 4.71. The lowest BCUT2D eigenvalue weighted by Gasteiger charge is -2.32. The van der Waals surface area contributed by atoms with E-state index in [9.17, 15) is 0 Å². The maximum Gasteiger partial charge on any atom is 0.143 e. The zero-order valence-electron chi connectivity index (χ0n) is 20.4. The van der Waals surface area contributed by atoms with Crippen molar-refractivity contribution < 1.29 is 8.78 Å². The fraction of sp³-hybridized carbons (Fsp3) is 0.143. The molecule has 0 amide bonds.